The van der Waals surface area contributed by atoms with Gasteiger partial charge in [-0.25, -0.2) is 4.79 Å². The van der Waals surface area contributed by atoms with Gasteiger partial charge in [0.1, 0.15) is 5.75 Å². The molecule has 0 radical (unpaired) electrons. The first-order chi connectivity index (χ1) is 9.63. The zero-order chi connectivity index (χ0) is 14.5. The molecule has 2 N–H and O–H groups in total. The molecule has 2 atom stereocenters. The van der Waals surface area contributed by atoms with E-state index in [0.717, 1.165) is 18.8 Å². The Bertz CT molecular complexity index is 473. The van der Waals surface area contributed by atoms with Crippen molar-refractivity contribution in [3.05, 3.63) is 23.8 Å². The number of carboxylic acid groups (broad SMARTS) is 1. The Balaban J connectivity index is 2.16. The smallest absolute Gasteiger partial charge is 0.337 e. The van der Waals surface area contributed by atoms with Gasteiger partial charge in [-0.15, -0.1) is 0 Å². The lowest BCUT2D eigenvalue weighted by Crippen LogP contribution is -2.27. The average Bonchev–Trinajstić information content (AvgIpc) is 2.47. The molecule has 1 aliphatic carbocycles. The van der Waals surface area contributed by atoms with E-state index in [1.807, 2.05) is 0 Å². The van der Waals surface area contributed by atoms with Gasteiger partial charge in [0.25, 0.3) is 0 Å². The summed E-state index contributed by atoms with van der Waals surface area (Å²) in [6.45, 7) is 2.22. The Hall–Kier alpha value is -1.71. The molecule has 0 saturated heterocycles. The zero-order valence-corrected chi connectivity index (χ0v) is 12.2. The van der Waals surface area contributed by atoms with Crippen molar-refractivity contribution in [2.75, 3.05) is 12.4 Å². The summed E-state index contributed by atoms with van der Waals surface area (Å²) < 4.78 is 5.19. The molecule has 0 aliphatic heterocycles. The predicted octanol–water partition coefficient (Wildman–Crippen LogP) is 3.77. The Morgan fingerprint density at radius 2 is 2.25 bits per heavy atom. The number of ether oxygens (including phenoxy) is 1. The monoisotopic (exact) mass is 277 g/mol. The molecule has 20 heavy (non-hydrogen) atoms. The minimum Gasteiger partial charge on any atom is -0.497 e. The van der Waals surface area contributed by atoms with Gasteiger partial charge in [-0.05, 0) is 30.9 Å². The second-order valence-corrected chi connectivity index (χ2v) is 5.50. The van der Waals surface area contributed by atoms with E-state index >= 15 is 0 Å². The van der Waals surface area contributed by atoms with Crippen LogP contribution < -0.4 is 10.1 Å². The number of benzene rings is 1. The summed E-state index contributed by atoms with van der Waals surface area (Å²) in [5.74, 6) is 0.526. The van der Waals surface area contributed by atoms with E-state index in [4.69, 9.17) is 4.74 Å². The summed E-state index contributed by atoms with van der Waals surface area (Å²) in [6.07, 6.45) is 5.92. The van der Waals surface area contributed by atoms with Crippen LogP contribution in [0.5, 0.6) is 5.75 Å². The first-order valence-electron chi connectivity index (χ1n) is 7.32. The second-order valence-electron chi connectivity index (χ2n) is 5.50. The predicted molar refractivity (Wildman–Crippen MR) is 79.6 cm³/mol. The quantitative estimate of drug-likeness (QED) is 0.860. The molecule has 2 rings (SSSR count). The van der Waals surface area contributed by atoms with Crippen LogP contribution >= 0.6 is 0 Å². The third kappa shape index (κ3) is 3.44. The summed E-state index contributed by atoms with van der Waals surface area (Å²) >= 11 is 0. The van der Waals surface area contributed by atoms with E-state index < -0.39 is 5.97 Å². The maximum absolute atomic E-state index is 11.3. The van der Waals surface area contributed by atoms with E-state index in [9.17, 15) is 9.90 Å². The second kappa shape index (κ2) is 6.64. The van der Waals surface area contributed by atoms with E-state index in [1.165, 1.54) is 19.3 Å². The van der Waals surface area contributed by atoms with Crippen molar-refractivity contribution in [3.8, 4) is 5.75 Å². The number of rotatable bonds is 5. The molecule has 1 saturated carbocycles. The van der Waals surface area contributed by atoms with E-state index in [1.54, 1.807) is 25.3 Å². The molecule has 1 aromatic carbocycles. The van der Waals surface area contributed by atoms with Crippen LogP contribution in [-0.4, -0.2) is 24.2 Å². The molecular weight excluding hydrogens is 254 g/mol. The lowest BCUT2D eigenvalue weighted by molar-refractivity contribution is 0.0698. The third-order valence-corrected chi connectivity index (χ3v) is 4.18. The molecule has 0 bridgehead atoms. The summed E-state index contributed by atoms with van der Waals surface area (Å²) in [7, 11) is 1.59. The topological polar surface area (TPSA) is 58.6 Å². The van der Waals surface area contributed by atoms with E-state index in [0.29, 0.717) is 23.0 Å². The molecule has 1 aliphatic rings. The van der Waals surface area contributed by atoms with Crippen molar-refractivity contribution in [3.63, 3.8) is 0 Å². The van der Waals surface area contributed by atoms with Gasteiger partial charge in [-0.1, -0.05) is 26.2 Å². The molecule has 1 fully saturated rings. The fraction of sp³-hybridized carbons (Fsp3) is 0.562. The summed E-state index contributed by atoms with van der Waals surface area (Å²) in [4.78, 5) is 11.3. The molecule has 0 spiro atoms. The Labute approximate surface area is 120 Å². The average molecular weight is 277 g/mol. The number of hydrogen-bond acceptors (Lipinski definition) is 3. The summed E-state index contributed by atoms with van der Waals surface area (Å²) in [5.41, 5.74) is 0.975. The molecule has 1 aromatic rings. The van der Waals surface area contributed by atoms with Crippen LogP contribution in [0.2, 0.25) is 0 Å². The van der Waals surface area contributed by atoms with Crippen molar-refractivity contribution in [2.24, 2.45) is 5.92 Å². The van der Waals surface area contributed by atoms with E-state index in [-0.39, 0.29) is 0 Å². The number of carboxylic acids is 1. The van der Waals surface area contributed by atoms with Crippen molar-refractivity contribution in [1.29, 1.82) is 0 Å². The van der Waals surface area contributed by atoms with Gasteiger partial charge < -0.3 is 15.2 Å². The number of aromatic carboxylic acids is 1. The highest BCUT2D eigenvalue weighted by molar-refractivity contribution is 5.94. The fourth-order valence-corrected chi connectivity index (χ4v) is 2.97. The van der Waals surface area contributed by atoms with Crippen molar-refractivity contribution >= 4 is 11.7 Å². The van der Waals surface area contributed by atoms with Gasteiger partial charge in [0, 0.05) is 12.1 Å². The van der Waals surface area contributed by atoms with Gasteiger partial charge in [-0.2, -0.15) is 0 Å². The SMILES string of the molecule is CCC1CCCC(Nc2cc(OC)ccc2C(=O)O)C1. The van der Waals surface area contributed by atoms with Crippen molar-refractivity contribution in [1.82, 2.24) is 0 Å². The zero-order valence-electron chi connectivity index (χ0n) is 12.2. The first-order valence-corrected chi connectivity index (χ1v) is 7.32. The third-order valence-electron chi connectivity index (χ3n) is 4.18. The van der Waals surface area contributed by atoms with Gasteiger partial charge in [-0.3, -0.25) is 0 Å². The maximum Gasteiger partial charge on any atom is 0.337 e. The molecule has 0 amide bonds. The number of carbonyl (C=O) groups is 1. The Morgan fingerprint density at radius 3 is 2.90 bits per heavy atom. The van der Waals surface area contributed by atoms with Crippen molar-refractivity contribution in [2.45, 2.75) is 45.1 Å². The van der Waals surface area contributed by atoms with Gasteiger partial charge in [0.15, 0.2) is 0 Å². The number of anilines is 1. The van der Waals surface area contributed by atoms with Crippen LogP contribution in [0.3, 0.4) is 0 Å². The molecule has 2 unspecified atom stereocenters. The van der Waals surface area contributed by atoms with Crippen LogP contribution in [-0.2, 0) is 0 Å². The van der Waals surface area contributed by atoms with Gasteiger partial charge in [0.05, 0.1) is 18.4 Å². The Kier molecular flexibility index (Phi) is 4.88. The van der Waals surface area contributed by atoms with Crippen LogP contribution in [0.15, 0.2) is 18.2 Å². The lowest BCUT2D eigenvalue weighted by Gasteiger charge is -2.30. The highest BCUT2D eigenvalue weighted by atomic mass is 16.5. The minimum atomic E-state index is -0.905. The standard InChI is InChI=1S/C16H23NO3/c1-3-11-5-4-6-12(9-11)17-15-10-13(20-2)7-8-14(15)16(18)19/h7-8,10-12,17H,3-6,9H2,1-2H3,(H,18,19). The fourth-order valence-electron chi connectivity index (χ4n) is 2.97. The minimum absolute atomic E-state index is 0.310. The van der Waals surface area contributed by atoms with Crippen LogP contribution in [0, 0.1) is 5.92 Å². The van der Waals surface area contributed by atoms with Crippen molar-refractivity contribution < 1.29 is 14.6 Å². The molecule has 4 heteroatoms. The normalized spacial score (nSPS) is 22.3. The van der Waals surface area contributed by atoms with Crippen LogP contribution in [0.25, 0.3) is 0 Å². The molecule has 0 heterocycles. The van der Waals surface area contributed by atoms with Gasteiger partial charge >= 0.3 is 5.97 Å². The molecule has 0 aromatic heterocycles. The van der Waals surface area contributed by atoms with Crippen LogP contribution in [0.4, 0.5) is 5.69 Å². The summed E-state index contributed by atoms with van der Waals surface area (Å²) in [6, 6.07) is 5.42. The Morgan fingerprint density at radius 1 is 1.45 bits per heavy atom. The number of nitrogens with one attached hydrogen (secondary N) is 1. The lowest BCUT2D eigenvalue weighted by atomic mass is 9.84. The summed E-state index contributed by atoms with van der Waals surface area (Å²) in [5, 5.41) is 12.7. The number of methoxy groups -OCH3 is 1. The highest BCUT2D eigenvalue weighted by Gasteiger charge is 2.22. The highest BCUT2D eigenvalue weighted by Crippen LogP contribution is 2.31. The number of hydrogen-bond donors (Lipinski definition) is 2. The van der Waals surface area contributed by atoms with Crippen LogP contribution in [0.1, 0.15) is 49.4 Å². The molecule has 110 valence electrons. The molecule has 4 nitrogen and oxygen atoms in total. The largest absolute Gasteiger partial charge is 0.497 e. The first kappa shape index (κ1) is 14.7. The maximum atomic E-state index is 11.3. The molecular formula is C16H23NO3. The van der Waals surface area contributed by atoms with Gasteiger partial charge in [0.2, 0.25) is 0 Å². The van der Waals surface area contributed by atoms with E-state index in [2.05, 4.69) is 12.2 Å².